The van der Waals surface area contributed by atoms with E-state index in [9.17, 15) is 13.2 Å². The van der Waals surface area contributed by atoms with Crippen LogP contribution in [0.2, 0.25) is 0 Å². The number of nitrogens with one attached hydrogen (secondary N) is 1. The minimum atomic E-state index is -4.05. The van der Waals surface area contributed by atoms with Gasteiger partial charge in [-0.05, 0) is 81.5 Å². The van der Waals surface area contributed by atoms with Gasteiger partial charge in [-0.3, -0.25) is 9.10 Å². The van der Waals surface area contributed by atoms with Gasteiger partial charge in [0.2, 0.25) is 5.91 Å². The van der Waals surface area contributed by atoms with Crippen molar-refractivity contribution in [1.29, 1.82) is 0 Å². The van der Waals surface area contributed by atoms with Crippen LogP contribution in [-0.4, -0.2) is 33.7 Å². The highest BCUT2D eigenvalue weighted by molar-refractivity contribution is 7.98. The Morgan fingerprint density at radius 2 is 1.74 bits per heavy atom. The second-order valence-corrected chi connectivity index (χ2v) is 11.0. The van der Waals surface area contributed by atoms with E-state index in [1.165, 1.54) is 11.8 Å². The summed E-state index contributed by atoms with van der Waals surface area (Å²) in [6.45, 7) is 7.72. The first-order valence-electron chi connectivity index (χ1n) is 11.4. The molecule has 0 aromatic heterocycles. The van der Waals surface area contributed by atoms with Gasteiger partial charge in [0.15, 0.2) is 0 Å². The van der Waals surface area contributed by atoms with Crippen molar-refractivity contribution in [1.82, 2.24) is 5.32 Å². The first-order valence-corrected chi connectivity index (χ1v) is 14.1. The van der Waals surface area contributed by atoms with Gasteiger partial charge in [0.25, 0.3) is 10.0 Å². The van der Waals surface area contributed by atoms with E-state index < -0.39 is 15.9 Å². The van der Waals surface area contributed by atoms with E-state index in [0.29, 0.717) is 18.0 Å². The zero-order valence-corrected chi connectivity index (χ0v) is 22.4. The number of nitrogens with zero attached hydrogens (tertiary/aromatic N) is 1. The summed E-state index contributed by atoms with van der Waals surface area (Å²) in [6.07, 6.45) is 1.93. The molecular weight excluding hydrogens is 480 g/mol. The van der Waals surface area contributed by atoms with Crippen LogP contribution in [0.4, 0.5) is 5.69 Å². The fraction of sp³-hybridized carbons (Fsp3) is 0.296. The number of ether oxygens (including phenoxy) is 1. The van der Waals surface area contributed by atoms with Crippen molar-refractivity contribution >= 4 is 33.4 Å². The zero-order chi connectivity index (χ0) is 25.6. The fourth-order valence-electron chi connectivity index (χ4n) is 3.92. The first-order chi connectivity index (χ1) is 16.7. The summed E-state index contributed by atoms with van der Waals surface area (Å²) in [7, 11) is -4.05. The van der Waals surface area contributed by atoms with Crippen LogP contribution in [0.3, 0.4) is 0 Å². The van der Waals surface area contributed by atoms with Crippen LogP contribution in [-0.2, 0) is 14.8 Å². The van der Waals surface area contributed by atoms with E-state index in [0.717, 1.165) is 25.9 Å². The number of amides is 1. The third kappa shape index (κ3) is 6.38. The Morgan fingerprint density at radius 1 is 1.06 bits per heavy atom. The molecule has 3 aromatic carbocycles. The van der Waals surface area contributed by atoms with Gasteiger partial charge >= 0.3 is 0 Å². The lowest BCUT2D eigenvalue weighted by Gasteiger charge is -2.27. The predicted molar refractivity (Wildman–Crippen MR) is 143 cm³/mol. The number of benzene rings is 3. The van der Waals surface area contributed by atoms with Gasteiger partial charge in [-0.2, -0.15) is 0 Å². The van der Waals surface area contributed by atoms with Gasteiger partial charge in [-0.25, -0.2) is 8.42 Å². The molecule has 0 saturated heterocycles. The summed E-state index contributed by atoms with van der Waals surface area (Å²) in [5.74, 6) is -0.0115. The Balaban J connectivity index is 1.96. The molecule has 1 unspecified atom stereocenters. The van der Waals surface area contributed by atoms with E-state index in [4.69, 9.17) is 4.74 Å². The number of thioether (sulfide) groups is 1. The summed E-state index contributed by atoms with van der Waals surface area (Å²) in [5, 5.41) is 2.96. The monoisotopic (exact) mass is 512 g/mol. The SMILES string of the molecule is CCOc1ccccc1N(CC(=O)NC(C)c1ccc(C)cc1C)S(=O)(=O)c1ccc(SC)cc1. The van der Waals surface area contributed by atoms with Gasteiger partial charge in [0.05, 0.1) is 23.2 Å². The van der Waals surface area contributed by atoms with Crippen LogP contribution in [0.15, 0.2) is 76.5 Å². The Hall–Kier alpha value is -2.97. The maximum atomic E-state index is 13.8. The van der Waals surface area contributed by atoms with Gasteiger partial charge in [-0.15, -0.1) is 11.8 Å². The van der Waals surface area contributed by atoms with Crippen LogP contribution in [0.1, 0.15) is 36.6 Å². The molecule has 3 rings (SSSR count). The topological polar surface area (TPSA) is 75.7 Å². The largest absolute Gasteiger partial charge is 0.492 e. The Morgan fingerprint density at radius 3 is 2.37 bits per heavy atom. The average molecular weight is 513 g/mol. The number of aryl methyl sites for hydroxylation is 2. The van der Waals surface area contributed by atoms with Gasteiger partial charge in [-0.1, -0.05) is 35.9 Å². The van der Waals surface area contributed by atoms with Gasteiger partial charge in [0, 0.05) is 4.90 Å². The molecule has 0 aliphatic rings. The van der Waals surface area contributed by atoms with E-state index in [2.05, 4.69) is 11.4 Å². The summed E-state index contributed by atoms with van der Waals surface area (Å²) < 4.78 is 34.3. The molecule has 6 nitrogen and oxygen atoms in total. The highest BCUT2D eigenvalue weighted by Crippen LogP contribution is 2.33. The predicted octanol–water partition coefficient (Wildman–Crippen LogP) is 5.50. The molecule has 1 N–H and O–H groups in total. The van der Waals surface area contributed by atoms with E-state index >= 15 is 0 Å². The lowest BCUT2D eigenvalue weighted by atomic mass is 10.0. The molecule has 0 radical (unpaired) electrons. The van der Waals surface area contributed by atoms with Crippen LogP contribution in [0, 0.1) is 13.8 Å². The third-order valence-corrected chi connectivity index (χ3v) is 8.16. The number of sulfonamides is 1. The van der Waals surface area contributed by atoms with Crippen molar-refractivity contribution in [3.63, 3.8) is 0 Å². The molecule has 1 amide bonds. The van der Waals surface area contributed by atoms with Gasteiger partial charge < -0.3 is 10.1 Å². The highest BCUT2D eigenvalue weighted by Gasteiger charge is 2.30. The minimum absolute atomic E-state index is 0.108. The van der Waals surface area contributed by atoms with Crippen LogP contribution >= 0.6 is 11.8 Å². The molecule has 0 heterocycles. The van der Waals surface area contributed by atoms with E-state index in [-0.39, 0.29) is 17.5 Å². The number of anilines is 1. The highest BCUT2D eigenvalue weighted by atomic mass is 32.2. The molecule has 186 valence electrons. The van der Waals surface area contributed by atoms with Crippen molar-refractivity contribution in [3.05, 3.63) is 83.4 Å². The molecule has 0 fully saturated rings. The Kier molecular flexibility index (Phi) is 8.86. The summed E-state index contributed by atoms with van der Waals surface area (Å²) >= 11 is 1.53. The number of hydrogen-bond donors (Lipinski definition) is 1. The van der Waals surface area contributed by atoms with E-state index in [1.54, 1.807) is 48.5 Å². The molecule has 0 bridgehead atoms. The van der Waals surface area contributed by atoms with Crippen LogP contribution in [0.5, 0.6) is 5.75 Å². The van der Waals surface area contributed by atoms with Crippen molar-refractivity contribution < 1.29 is 17.9 Å². The molecule has 0 spiro atoms. The number of para-hydroxylation sites is 2. The van der Waals surface area contributed by atoms with Gasteiger partial charge in [0.1, 0.15) is 12.3 Å². The summed E-state index contributed by atoms with van der Waals surface area (Å²) in [5.41, 5.74) is 3.51. The number of carbonyl (C=O) groups is 1. The third-order valence-electron chi connectivity index (χ3n) is 5.64. The molecule has 1 atom stereocenters. The maximum Gasteiger partial charge on any atom is 0.264 e. The standard InChI is InChI=1S/C27H32N2O4S2/c1-6-33-26-10-8-7-9-25(26)29(35(31,32)23-14-12-22(34-5)13-15-23)18-27(30)28-21(4)24-16-11-19(2)17-20(24)3/h7-17,21H,6,18H2,1-5H3,(H,28,30). The number of rotatable bonds is 10. The van der Waals surface area contributed by atoms with E-state index in [1.807, 2.05) is 46.1 Å². The summed E-state index contributed by atoms with van der Waals surface area (Å²) in [6, 6.07) is 19.3. The molecule has 35 heavy (non-hydrogen) atoms. The first kappa shape index (κ1) is 26.6. The fourth-order valence-corrected chi connectivity index (χ4v) is 5.76. The molecule has 0 aliphatic carbocycles. The quantitative estimate of drug-likeness (QED) is 0.363. The Labute approximate surface area is 212 Å². The second kappa shape index (κ2) is 11.6. The second-order valence-electron chi connectivity index (χ2n) is 8.24. The smallest absolute Gasteiger partial charge is 0.264 e. The zero-order valence-electron chi connectivity index (χ0n) is 20.7. The lowest BCUT2D eigenvalue weighted by Crippen LogP contribution is -2.41. The summed E-state index contributed by atoms with van der Waals surface area (Å²) in [4.78, 5) is 14.2. The molecule has 0 saturated carbocycles. The molecule has 3 aromatic rings. The van der Waals surface area contributed by atoms with Crippen molar-refractivity contribution in [2.45, 2.75) is 43.5 Å². The molecular formula is C27H32N2O4S2. The van der Waals surface area contributed by atoms with Crippen molar-refractivity contribution in [2.24, 2.45) is 0 Å². The maximum absolute atomic E-state index is 13.8. The van der Waals surface area contributed by atoms with Crippen LogP contribution in [0.25, 0.3) is 0 Å². The molecule has 8 heteroatoms. The number of carbonyl (C=O) groups excluding carboxylic acids is 1. The normalized spacial score (nSPS) is 12.1. The Bertz CT molecular complexity index is 1270. The van der Waals surface area contributed by atoms with Crippen molar-refractivity contribution in [2.75, 3.05) is 23.7 Å². The molecule has 0 aliphatic heterocycles. The van der Waals surface area contributed by atoms with Crippen molar-refractivity contribution in [3.8, 4) is 5.75 Å². The lowest BCUT2D eigenvalue weighted by molar-refractivity contribution is -0.120. The number of hydrogen-bond acceptors (Lipinski definition) is 5. The average Bonchev–Trinajstić information content (AvgIpc) is 2.83. The van der Waals surface area contributed by atoms with Crippen LogP contribution < -0.4 is 14.4 Å². The minimum Gasteiger partial charge on any atom is -0.492 e.